The highest BCUT2D eigenvalue weighted by atomic mass is 16.5. The maximum absolute atomic E-state index is 13.0. The maximum atomic E-state index is 13.0. The fourth-order valence-electron chi connectivity index (χ4n) is 4.50. The zero-order chi connectivity index (χ0) is 19.5. The maximum Gasteiger partial charge on any atom is 0.339 e. The number of nitrogens with zero attached hydrogens (tertiary/aromatic N) is 1. The number of esters is 1. The van der Waals surface area contributed by atoms with Crippen LogP contribution in [0.2, 0.25) is 0 Å². The van der Waals surface area contributed by atoms with Crippen molar-refractivity contribution in [2.75, 3.05) is 6.54 Å². The number of nitrogens with one attached hydrogen (secondary N) is 1. The van der Waals surface area contributed by atoms with Gasteiger partial charge in [-0.1, -0.05) is 37.5 Å². The second-order valence-corrected chi connectivity index (χ2v) is 8.08. The molecule has 0 spiro atoms. The molecule has 5 heteroatoms. The summed E-state index contributed by atoms with van der Waals surface area (Å²) in [6.07, 6.45) is 8.03. The molecule has 1 fully saturated rings. The Hall–Kier alpha value is -2.43. The molecule has 0 unspecified atom stereocenters. The molecule has 1 aromatic heterocycles. The number of rotatable bonds is 5. The van der Waals surface area contributed by atoms with Crippen LogP contribution >= 0.6 is 0 Å². The minimum Gasteiger partial charge on any atom is -0.449 e. The van der Waals surface area contributed by atoms with Crippen LogP contribution in [-0.4, -0.2) is 29.5 Å². The smallest absolute Gasteiger partial charge is 0.339 e. The molecule has 2 aliphatic rings. The van der Waals surface area contributed by atoms with Gasteiger partial charge in [-0.15, -0.1) is 0 Å². The number of fused-ring (bicyclic) bond motifs is 2. The van der Waals surface area contributed by atoms with Crippen LogP contribution in [0, 0.1) is 5.92 Å². The van der Waals surface area contributed by atoms with E-state index < -0.39 is 12.1 Å². The lowest BCUT2D eigenvalue weighted by atomic mass is 9.89. The zero-order valence-electron chi connectivity index (χ0n) is 16.5. The average molecular weight is 380 g/mol. The van der Waals surface area contributed by atoms with Crippen LogP contribution in [0.1, 0.15) is 67.1 Å². The number of benzene rings is 1. The van der Waals surface area contributed by atoms with E-state index in [1.54, 1.807) is 6.92 Å². The first-order chi connectivity index (χ1) is 13.6. The summed E-state index contributed by atoms with van der Waals surface area (Å²) in [6, 6.07) is 7.66. The molecule has 2 aliphatic carbocycles. The van der Waals surface area contributed by atoms with Crippen LogP contribution in [0.4, 0.5) is 0 Å². The van der Waals surface area contributed by atoms with Gasteiger partial charge in [-0.05, 0) is 56.6 Å². The summed E-state index contributed by atoms with van der Waals surface area (Å²) in [7, 11) is 0. The Morgan fingerprint density at radius 1 is 1.14 bits per heavy atom. The fourth-order valence-corrected chi connectivity index (χ4v) is 4.50. The Morgan fingerprint density at radius 3 is 2.75 bits per heavy atom. The molecule has 148 valence electrons. The molecule has 0 radical (unpaired) electrons. The van der Waals surface area contributed by atoms with Crippen molar-refractivity contribution in [1.29, 1.82) is 0 Å². The van der Waals surface area contributed by atoms with E-state index in [0.717, 1.165) is 41.4 Å². The molecular formula is C23H28N2O3. The standard InChI is InChI=1S/C23H28N2O3/c1-15(22(26)24-14-16-8-3-2-4-9-16)28-23(27)21-17-10-5-6-12-19(17)25-20-13-7-11-18(20)21/h5-6,10,12,15-16H,2-4,7-9,11,13-14H2,1H3,(H,24,26)/t15-/m1/s1. The monoisotopic (exact) mass is 380 g/mol. The van der Waals surface area contributed by atoms with Gasteiger partial charge in [0.05, 0.1) is 11.1 Å². The van der Waals surface area contributed by atoms with Gasteiger partial charge in [0.1, 0.15) is 0 Å². The highest BCUT2D eigenvalue weighted by molar-refractivity contribution is 6.05. The van der Waals surface area contributed by atoms with Crippen LogP contribution in [0.15, 0.2) is 24.3 Å². The lowest BCUT2D eigenvalue weighted by Gasteiger charge is -2.23. The lowest BCUT2D eigenvalue weighted by Crippen LogP contribution is -2.38. The number of carbonyl (C=O) groups is 2. The molecule has 1 amide bonds. The minimum atomic E-state index is -0.805. The molecule has 0 bridgehead atoms. The van der Waals surface area contributed by atoms with Crippen molar-refractivity contribution in [3.8, 4) is 0 Å². The van der Waals surface area contributed by atoms with Crippen molar-refractivity contribution in [2.24, 2.45) is 5.92 Å². The number of ether oxygens (including phenoxy) is 1. The van der Waals surface area contributed by atoms with Crippen molar-refractivity contribution >= 4 is 22.8 Å². The predicted molar refractivity (Wildman–Crippen MR) is 108 cm³/mol. The van der Waals surface area contributed by atoms with E-state index in [-0.39, 0.29) is 5.91 Å². The van der Waals surface area contributed by atoms with Crippen LogP contribution in [0.25, 0.3) is 10.9 Å². The second kappa shape index (κ2) is 8.29. The number of hydrogen-bond acceptors (Lipinski definition) is 4. The van der Waals surface area contributed by atoms with Crippen molar-refractivity contribution in [3.05, 3.63) is 41.1 Å². The first kappa shape index (κ1) is 18.9. The van der Waals surface area contributed by atoms with Crippen molar-refractivity contribution in [2.45, 2.75) is 64.4 Å². The van der Waals surface area contributed by atoms with Gasteiger partial charge >= 0.3 is 5.97 Å². The zero-order valence-corrected chi connectivity index (χ0v) is 16.5. The van der Waals surface area contributed by atoms with Crippen molar-refractivity contribution in [1.82, 2.24) is 10.3 Å². The molecule has 1 N–H and O–H groups in total. The molecule has 1 heterocycles. The fraction of sp³-hybridized carbons (Fsp3) is 0.522. The largest absolute Gasteiger partial charge is 0.449 e. The molecule has 5 nitrogen and oxygen atoms in total. The first-order valence-corrected chi connectivity index (χ1v) is 10.5. The van der Waals surface area contributed by atoms with Crippen molar-refractivity contribution in [3.63, 3.8) is 0 Å². The normalized spacial score (nSPS) is 17.9. The van der Waals surface area contributed by atoms with Crippen LogP contribution in [0.5, 0.6) is 0 Å². The van der Waals surface area contributed by atoms with Gasteiger partial charge in [-0.2, -0.15) is 0 Å². The van der Waals surface area contributed by atoms with E-state index in [4.69, 9.17) is 9.72 Å². The van der Waals surface area contributed by atoms with Crippen LogP contribution < -0.4 is 5.32 Å². The third-order valence-electron chi connectivity index (χ3n) is 6.07. The molecule has 1 saturated carbocycles. The van der Waals surface area contributed by atoms with Crippen LogP contribution in [-0.2, 0) is 22.4 Å². The highest BCUT2D eigenvalue weighted by Crippen LogP contribution is 2.30. The van der Waals surface area contributed by atoms with Gasteiger partial charge in [0, 0.05) is 17.6 Å². The Bertz CT molecular complexity index is 887. The minimum absolute atomic E-state index is 0.214. The highest BCUT2D eigenvalue weighted by Gasteiger charge is 2.27. The van der Waals surface area contributed by atoms with E-state index in [1.807, 2.05) is 24.3 Å². The number of aryl methyl sites for hydroxylation is 1. The Balaban J connectivity index is 1.47. The summed E-state index contributed by atoms with van der Waals surface area (Å²) in [5.74, 6) is -0.0843. The van der Waals surface area contributed by atoms with E-state index >= 15 is 0 Å². The summed E-state index contributed by atoms with van der Waals surface area (Å²) in [5.41, 5.74) is 3.37. The van der Waals surface area contributed by atoms with Crippen molar-refractivity contribution < 1.29 is 14.3 Å². The van der Waals surface area contributed by atoms with E-state index in [0.29, 0.717) is 18.0 Å². The van der Waals surface area contributed by atoms with Gasteiger partial charge in [0.15, 0.2) is 6.10 Å². The molecule has 0 saturated heterocycles. The Morgan fingerprint density at radius 2 is 1.93 bits per heavy atom. The number of carbonyl (C=O) groups excluding carboxylic acids is 2. The van der Waals surface area contributed by atoms with Gasteiger partial charge in [-0.3, -0.25) is 9.78 Å². The van der Waals surface area contributed by atoms with Gasteiger partial charge < -0.3 is 10.1 Å². The third-order valence-corrected chi connectivity index (χ3v) is 6.07. The topological polar surface area (TPSA) is 68.3 Å². The number of hydrogen-bond donors (Lipinski definition) is 1. The SMILES string of the molecule is C[C@@H](OC(=O)c1c2c(nc3ccccc13)CCC2)C(=O)NCC1CCCCC1. The summed E-state index contributed by atoms with van der Waals surface area (Å²) in [4.78, 5) is 30.2. The Labute approximate surface area is 165 Å². The third kappa shape index (κ3) is 3.89. The van der Waals surface area contributed by atoms with Gasteiger partial charge in [-0.25, -0.2) is 4.79 Å². The molecule has 0 aliphatic heterocycles. The molecular weight excluding hydrogens is 352 g/mol. The quantitative estimate of drug-likeness (QED) is 0.797. The van der Waals surface area contributed by atoms with E-state index in [9.17, 15) is 9.59 Å². The van der Waals surface area contributed by atoms with E-state index in [2.05, 4.69) is 5.32 Å². The number of pyridine rings is 1. The molecule has 1 aromatic carbocycles. The molecule has 2 aromatic rings. The first-order valence-electron chi connectivity index (χ1n) is 10.5. The molecule has 28 heavy (non-hydrogen) atoms. The average Bonchev–Trinajstić information content (AvgIpc) is 3.18. The summed E-state index contributed by atoms with van der Waals surface area (Å²) >= 11 is 0. The number of aromatic nitrogens is 1. The summed E-state index contributed by atoms with van der Waals surface area (Å²) < 4.78 is 5.59. The summed E-state index contributed by atoms with van der Waals surface area (Å²) in [6.45, 7) is 2.33. The predicted octanol–water partition coefficient (Wildman–Crippen LogP) is 3.97. The molecule has 4 rings (SSSR count). The Kier molecular flexibility index (Phi) is 5.60. The lowest BCUT2D eigenvalue weighted by molar-refractivity contribution is -0.129. The summed E-state index contributed by atoms with van der Waals surface area (Å²) in [5, 5.41) is 3.78. The number of amides is 1. The van der Waals surface area contributed by atoms with Gasteiger partial charge in [0.25, 0.3) is 5.91 Å². The van der Waals surface area contributed by atoms with Crippen LogP contribution in [0.3, 0.4) is 0 Å². The van der Waals surface area contributed by atoms with Gasteiger partial charge in [0.2, 0.25) is 0 Å². The van der Waals surface area contributed by atoms with E-state index in [1.165, 1.54) is 32.1 Å². The molecule has 1 atom stereocenters. The number of para-hydroxylation sites is 1. The second-order valence-electron chi connectivity index (χ2n) is 8.08.